The van der Waals surface area contributed by atoms with E-state index in [2.05, 4.69) is 23.1 Å². The Morgan fingerprint density at radius 2 is 2.19 bits per heavy atom. The third kappa shape index (κ3) is 2.20. The predicted molar refractivity (Wildman–Crippen MR) is 66.7 cm³/mol. The lowest BCUT2D eigenvalue weighted by Gasteiger charge is -2.23. The lowest BCUT2D eigenvalue weighted by molar-refractivity contribution is 0.121. The summed E-state index contributed by atoms with van der Waals surface area (Å²) >= 11 is 0. The first-order chi connectivity index (χ1) is 7.72. The van der Waals surface area contributed by atoms with Crippen molar-refractivity contribution in [2.24, 2.45) is 5.73 Å². The normalized spacial score (nSPS) is 22.4. The molecule has 1 heterocycles. The SMILES string of the molecule is COC1CCN(c2ccccc2[C@H](C)N)C1. The number of anilines is 1. The number of hydrogen-bond acceptors (Lipinski definition) is 3. The molecule has 0 spiro atoms. The molecule has 1 aromatic rings. The number of para-hydroxylation sites is 1. The van der Waals surface area contributed by atoms with E-state index in [4.69, 9.17) is 10.5 Å². The fraction of sp³-hybridized carbons (Fsp3) is 0.538. The molecule has 0 bridgehead atoms. The van der Waals surface area contributed by atoms with Crippen LogP contribution in [0.2, 0.25) is 0 Å². The molecule has 2 rings (SSSR count). The van der Waals surface area contributed by atoms with E-state index in [1.807, 2.05) is 13.0 Å². The Labute approximate surface area is 97.2 Å². The molecule has 2 N–H and O–H groups in total. The Hall–Kier alpha value is -1.06. The molecule has 0 aliphatic carbocycles. The summed E-state index contributed by atoms with van der Waals surface area (Å²) in [5.41, 5.74) is 8.47. The van der Waals surface area contributed by atoms with Crippen LogP contribution in [0.4, 0.5) is 5.69 Å². The van der Waals surface area contributed by atoms with Crippen molar-refractivity contribution in [2.45, 2.75) is 25.5 Å². The molecule has 0 amide bonds. The van der Waals surface area contributed by atoms with E-state index in [-0.39, 0.29) is 6.04 Å². The zero-order valence-corrected chi connectivity index (χ0v) is 10.0. The average molecular weight is 220 g/mol. The van der Waals surface area contributed by atoms with Gasteiger partial charge in [-0.3, -0.25) is 0 Å². The average Bonchev–Trinajstić information content (AvgIpc) is 2.77. The molecule has 88 valence electrons. The molecule has 3 heteroatoms. The Bertz CT molecular complexity index is 352. The van der Waals surface area contributed by atoms with Gasteiger partial charge in [-0.2, -0.15) is 0 Å². The molecule has 0 radical (unpaired) electrons. The van der Waals surface area contributed by atoms with E-state index in [0.717, 1.165) is 19.5 Å². The second-order valence-electron chi connectivity index (χ2n) is 4.44. The van der Waals surface area contributed by atoms with Crippen LogP contribution in [-0.2, 0) is 4.74 Å². The van der Waals surface area contributed by atoms with Crippen LogP contribution in [0.25, 0.3) is 0 Å². The van der Waals surface area contributed by atoms with Crippen LogP contribution in [0.3, 0.4) is 0 Å². The maximum atomic E-state index is 5.99. The maximum absolute atomic E-state index is 5.99. The summed E-state index contributed by atoms with van der Waals surface area (Å²) in [6.07, 6.45) is 1.46. The molecule has 2 atom stereocenters. The first-order valence-corrected chi connectivity index (χ1v) is 5.84. The van der Waals surface area contributed by atoms with E-state index in [9.17, 15) is 0 Å². The lowest BCUT2D eigenvalue weighted by Crippen LogP contribution is -2.24. The summed E-state index contributed by atoms with van der Waals surface area (Å²) in [7, 11) is 1.78. The predicted octanol–water partition coefficient (Wildman–Crippen LogP) is 1.93. The largest absolute Gasteiger partial charge is 0.380 e. The minimum absolute atomic E-state index is 0.0813. The van der Waals surface area contributed by atoms with Crippen LogP contribution < -0.4 is 10.6 Å². The van der Waals surface area contributed by atoms with Gasteiger partial charge < -0.3 is 15.4 Å². The van der Waals surface area contributed by atoms with Gasteiger partial charge in [-0.05, 0) is 25.0 Å². The topological polar surface area (TPSA) is 38.5 Å². The molecular formula is C13H20N2O. The van der Waals surface area contributed by atoms with Gasteiger partial charge in [-0.25, -0.2) is 0 Å². The monoisotopic (exact) mass is 220 g/mol. The first-order valence-electron chi connectivity index (χ1n) is 5.84. The van der Waals surface area contributed by atoms with Crippen molar-refractivity contribution in [1.82, 2.24) is 0 Å². The lowest BCUT2D eigenvalue weighted by atomic mass is 10.1. The van der Waals surface area contributed by atoms with Crippen LogP contribution in [0.5, 0.6) is 0 Å². The molecule has 3 nitrogen and oxygen atoms in total. The molecule has 1 fully saturated rings. The number of benzene rings is 1. The van der Waals surface area contributed by atoms with E-state index in [1.54, 1.807) is 7.11 Å². The molecular weight excluding hydrogens is 200 g/mol. The smallest absolute Gasteiger partial charge is 0.0762 e. The molecule has 1 aromatic carbocycles. The Morgan fingerprint density at radius 1 is 1.44 bits per heavy atom. The van der Waals surface area contributed by atoms with Gasteiger partial charge in [0.15, 0.2) is 0 Å². The second kappa shape index (κ2) is 4.85. The summed E-state index contributed by atoms with van der Waals surface area (Å²) in [5, 5.41) is 0. The molecule has 16 heavy (non-hydrogen) atoms. The fourth-order valence-electron chi connectivity index (χ4n) is 2.30. The summed E-state index contributed by atoms with van der Waals surface area (Å²) in [6, 6.07) is 8.46. The number of nitrogens with two attached hydrogens (primary N) is 1. The molecule has 1 aliphatic heterocycles. The number of nitrogens with zero attached hydrogens (tertiary/aromatic N) is 1. The Kier molecular flexibility index (Phi) is 3.46. The van der Waals surface area contributed by atoms with Gasteiger partial charge in [0, 0.05) is 31.9 Å². The maximum Gasteiger partial charge on any atom is 0.0762 e. The highest BCUT2D eigenvalue weighted by Crippen LogP contribution is 2.28. The third-order valence-corrected chi connectivity index (χ3v) is 3.25. The highest BCUT2D eigenvalue weighted by atomic mass is 16.5. The standard InChI is InChI=1S/C13H20N2O/c1-10(14)12-5-3-4-6-13(12)15-8-7-11(9-15)16-2/h3-6,10-11H,7-9,14H2,1-2H3/t10-,11?/m0/s1. The molecule has 1 unspecified atom stereocenters. The number of hydrogen-bond donors (Lipinski definition) is 1. The van der Waals surface area contributed by atoms with Crippen molar-refractivity contribution in [3.8, 4) is 0 Å². The summed E-state index contributed by atoms with van der Waals surface area (Å²) in [4.78, 5) is 2.37. The van der Waals surface area contributed by atoms with Gasteiger partial charge >= 0.3 is 0 Å². The number of rotatable bonds is 3. The number of methoxy groups -OCH3 is 1. The molecule has 1 saturated heterocycles. The second-order valence-corrected chi connectivity index (χ2v) is 4.44. The molecule has 0 aromatic heterocycles. The van der Waals surface area contributed by atoms with Crippen LogP contribution >= 0.6 is 0 Å². The van der Waals surface area contributed by atoms with E-state index >= 15 is 0 Å². The quantitative estimate of drug-likeness (QED) is 0.846. The first kappa shape index (κ1) is 11.4. The third-order valence-electron chi connectivity index (χ3n) is 3.25. The van der Waals surface area contributed by atoms with E-state index in [1.165, 1.54) is 11.3 Å². The van der Waals surface area contributed by atoms with Crippen molar-refractivity contribution >= 4 is 5.69 Å². The van der Waals surface area contributed by atoms with Crippen LogP contribution in [0.15, 0.2) is 24.3 Å². The van der Waals surface area contributed by atoms with Crippen molar-refractivity contribution in [3.63, 3.8) is 0 Å². The highest BCUT2D eigenvalue weighted by Gasteiger charge is 2.24. The van der Waals surface area contributed by atoms with Crippen molar-refractivity contribution in [2.75, 3.05) is 25.1 Å². The minimum atomic E-state index is 0.0813. The van der Waals surface area contributed by atoms with E-state index in [0.29, 0.717) is 6.10 Å². The van der Waals surface area contributed by atoms with Crippen molar-refractivity contribution in [3.05, 3.63) is 29.8 Å². The summed E-state index contributed by atoms with van der Waals surface area (Å²) in [6.45, 7) is 4.06. The van der Waals surface area contributed by atoms with Gasteiger partial charge in [-0.1, -0.05) is 18.2 Å². The number of ether oxygens (including phenoxy) is 1. The molecule has 1 aliphatic rings. The fourth-order valence-corrected chi connectivity index (χ4v) is 2.30. The van der Waals surface area contributed by atoms with Gasteiger partial charge in [-0.15, -0.1) is 0 Å². The Morgan fingerprint density at radius 3 is 2.81 bits per heavy atom. The van der Waals surface area contributed by atoms with Gasteiger partial charge in [0.1, 0.15) is 0 Å². The van der Waals surface area contributed by atoms with Crippen molar-refractivity contribution in [1.29, 1.82) is 0 Å². The van der Waals surface area contributed by atoms with Crippen LogP contribution in [0, 0.1) is 0 Å². The molecule has 0 saturated carbocycles. The summed E-state index contributed by atoms with van der Waals surface area (Å²) < 4.78 is 5.39. The van der Waals surface area contributed by atoms with Gasteiger partial charge in [0.2, 0.25) is 0 Å². The summed E-state index contributed by atoms with van der Waals surface area (Å²) in [5.74, 6) is 0. The van der Waals surface area contributed by atoms with Gasteiger partial charge in [0.05, 0.1) is 6.10 Å². The highest BCUT2D eigenvalue weighted by molar-refractivity contribution is 5.55. The van der Waals surface area contributed by atoms with E-state index < -0.39 is 0 Å². The van der Waals surface area contributed by atoms with Crippen LogP contribution in [0.1, 0.15) is 24.9 Å². The zero-order valence-electron chi connectivity index (χ0n) is 10.0. The minimum Gasteiger partial charge on any atom is -0.380 e. The zero-order chi connectivity index (χ0) is 11.5. The Balaban J connectivity index is 2.20. The van der Waals surface area contributed by atoms with Crippen LogP contribution in [-0.4, -0.2) is 26.3 Å². The van der Waals surface area contributed by atoms with Crippen molar-refractivity contribution < 1.29 is 4.74 Å². The van der Waals surface area contributed by atoms with Gasteiger partial charge in [0.25, 0.3) is 0 Å².